The topological polar surface area (TPSA) is 75.2 Å². The van der Waals surface area contributed by atoms with Crippen LogP contribution in [0.4, 0.5) is 0 Å². The molecule has 0 saturated heterocycles. The highest BCUT2D eigenvalue weighted by Gasteiger charge is 2.11. The lowest BCUT2D eigenvalue weighted by molar-refractivity contribution is -0.139. The van der Waals surface area contributed by atoms with Crippen LogP contribution in [0.5, 0.6) is 5.88 Å². The van der Waals surface area contributed by atoms with Crippen LogP contribution in [-0.2, 0) is 4.79 Å². The molecule has 78 valence electrons. The van der Waals surface area contributed by atoms with E-state index in [1.807, 2.05) is 0 Å². The van der Waals surface area contributed by atoms with Crippen LogP contribution in [0, 0.1) is 0 Å². The van der Waals surface area contributed by atoms with E-state index in [0.29, 0.717) is 15.9 Å². The van der Waals surface area contributed by atoms with E-state index in [4.69, 9.17) is 21.4 Å². The Morgan fingerprint density at radius 2 is 2.40 bits per heavy atom. The molecule has 0 aliphatic carbocycles. The van der Waals surface area contributed by atoms with Crippen LogP contribution in [0.2, 0.25) is 5.02 Å². The fraction of sp³-hybridized carbons (Fsp3) is 0.111. The number of aromatic nitrogens is 2. The van der Waals surface area contributed by atoms with E-state index in [0.717, 1.165) is 0 Å². The van der Waals surface area contributed by atoms with Gasteiger partial charge in [0.1, 0.15) is 0 Å². The Morgan fingerprint density at radius 1 is 1.60 bits per heavy atom. The number of ether oxygens (including phenoxy) is 1. The van der Waals surface area contributed by atoms with E-state index >= 15 is 0 Å². The standard InChI is InChI=1S/C9H7ClN2O3/c10-5-2-1-3-6-8(5)9(12-11-6)15-4-7(13)14/h1-3H,4H2,(H,11,12)(H,13,14). The van der Waals surface area contributed by atoms with E-state index in [1.165, 1.54) is 0 Å². The van der Waals surface area contributed by atoms with Crippen molar-refractivity contribution in [2.75, 3.05) is 6.61 Å². The summed E-state index contributed by atoms with van der Waals surface area (Å²) < 4.78 is 4.98. The Balaban J connectivity index is 2.39. The molecule has 0 bridgehead atoms. The summed E-state index contributed by atoms with van der Waals surface area (Å²) in [5, 5.41) is 16.1. The van der Waals surface area contributed by atoms with Crippen molar-refractivity contribution in [2.24, 2.45) is 0 Å². The number of carboxylic acids is 1. The van der Waals surface area contributed by atoms with E-state index in [1.54, 1.807) is 18.2 Å². The molecule has 1 heterocycles. The Morgan fingerprint density at radius 3 is 3.13 bits per heavy atom. The van der Waals surface area contributed by atoms with Gasteiger partial charge in [-0.05, 0) is 12.1 Å². The third kappa shape index (κ3) is 1.87. The highest BCUT2D eigenvalue weighted by atomic mass is 35.5. The minimum atomic E-state index is -1.06. The zero-order chi connectivity index (χ0) is 10.8. The number of rotatable bonds is 3. The zero-order valence-electron chi connectivity index (χ0n) is 7.53. The Kier molecular flexibility index (Phi) is 2.47. The second-order valence-electron chi connectivity index (χ2n) is 2.87. The molecule has 5 nitrogen and oxygen atoms in total. The number of aliphatic carboxylic acids is 1. The van der Waals surface area contributed by atoms with Gasteiger partial charge in [-0.3, -0.25) is 5.10 Å². The number of fused-ring (bicyclic) bond motifs is 1. The number of hydrogen-bond acceptors (Lipinski definition) is 3. The predicted octanol–water partition coefficient (Wildman–Crippen LogP) is 1.68. The van der Waals surface area contributed by atoms with E-state index in [2.05, 4.69) is 10.2 Å². The van der Waals surface area contributed by atoms with Crippen molar-refractivity contribution in [2.45, 2.75) is 0 Å². The number of halogens is 1. The molecule has 15 heavy (non-hydrogen) atoms. The van der Waals surface area contributed by atoms with Gasteiger partial charge in [0.05, 0.1) is 15.9 Å². The van der Waals surface area contributed by atoms with Gasteiger partial charge in [0.25, 0.3) is 0 Å². The molecular weight excluding hydrogens is 220 g/mol. The Hall–Kier alpha value is -1.75. The third-order valence-corrected chi connectivity index (χ3v) is 2.15. The van der Waals surface area contributed by atoms with E-state index in [-0.39, 0.29) is 5.88 Å². The summed E-state index contributed by atoms with van der Waals surface area (Å²) >= 11 is 5.93. The number of benzene rings is 1. The normalized spacial score (nSPS) is 10.5. The maximum atomic E-state index is 10.3. The smallest absolute Gasteiger partial charge is 0.341 e. The SMILES string of the molecule is O=C(O)COc1n[nH]c2cccc(Cl)c12. The fourth-order valence-corrected chi connectivity index (χ4v) is 1.49. The molecule has 2 N–H and O–H groups in total. The number of H-pyrrole nitrogens is 1. The summed E-state index contributed by atoms with van der Waals surface area (Å²) in [7, 11) is 0. The first-order valence-electron chi connectivity index (χ1n) is 4.15. The summed E-state index contributed by atoms with van der Waals surface area (Å²) in [6, 6.07) is 5.23. The van der Waals surface area contributed by atoms with Crippen LogP contribution < -0.4 is 4.74 Å². The number of aromatic amines is 1. The third-order valence-electron chi connectivity index (χ3n) is 1.84. The Labute approximate surface area is 89.6 Å². The van der Waals surface area contributed by atoms with Crippen LogP contribution >= 0.6 is 11.6 Å². The second kappa shape index (κ2) is 3.78. The second-order valence-corrected chi connectivity index (χ2v) is 3.28. The molecule has 0 amide bonds. The van der Waals surface area contributed by atoms with Gasteiger partial charge in [-0.1, -0.05) is 17.7 Å². The van der Waals surface area contributed by atoms with Crippen molar-refractivity contribution in [1.29, 1.82) is 0 Å². The van der Waals surface area contributed by atoms with Gasteiger partial charge in [-0.15, -0.1) is 5.10 Å². The number of hydrogen-bond donors (Lipinski definition) is 2. The molecule has 1 aromatic carbocycles. The average Bonchev–Trinajstić information content (AvgIpc) is 2.59. The molecule has 0 radical (unpaired) electrons. The summed E-state index contributed by atoms with van der Waals surface area (Å²) in [4.78, 5) is 10.3. The van der Waals surface area contributed by atoms with Crippen molar-refractivity contribution in [3.8, 4) is 5.88 Å². The summed E-state index contributed by atoms with van der Waals surface area (Å²) in [5.74, 6) is -0.851. The van der Waals surface area contributed by atoms with Gasteiger partial charge in [0, 0.05) is 0 Å². The molecule has 1 aromatic heterocycles. The maximum absolute atomic E-state index is 10.3. The summed E-state index contributed by atoms with van der Waals surface area (Å²) in [5.41, 5.74) is 0.711. The lowest BCUT2D eigenvalue weighted by Crippen LogP contribution is -2.09. The van der Waals surface area contributed by atoms with Gasteiger partial charge in [-0.2, -0.15) is 0 Å². The first-order valence-corrected chi connectivity index (χ1v) is 4.53. The lowest BCUT2D eigenvalue weighted by atomic mass is 10.2. The molecule has 0 aliphatic rings. The van der Waals surface area contributed by atoms with Crippen LogP contribution in [0.25, 0.3) is 10.9 Å². The molecule has 0 fully saturated rings. The lowest BCUT2D eigenvalue weighted by Gasteiger charge is -1.99. The minimum Gasteiger partial charge on any atom is -0.479 e. The molecule has 0 aliphatic heterocycles. The number of carboxylic acid groups (broad SMARTS) is 1. The highest BCUT2D eigenvalue weighted by molar-refractivity contribution is 6.35. The number of nitrogens with zero attached hydrogens (tertiary/aromatic N) is 1. The molecule has 6 heteroatoms. The van der Waals surface area contributed by atoms with Crippen LogP contribution in [0.3, 0.4) is 0 Å². The molecule has 0 spiro atoms. The van der Waals surface area contributed by atoms with Crippen molar-refractivity contribution in [3.63, 3.8) is 0 Å². The summed E-state index contributed by atoms with van der Waals surface area (Å²) in [6.45, 7) is -0.439. The predicted molar refractivity (Wildman–Crippen MR) is 54.2 cm³/mol. The number of carbonyl (C=O) groups is 1. The van der Waals surface area contributed by atoms with E-state index < -0.39 is 12.6 Å². The first kappa shape index (κ1) is 9.79. The summed E-state index contributed by atoms with van der Waals surface area (Å²) in [6.07, 6.45) is 0. The molecule has 0 unspecified atom stereocenters. The van der Waals surface area contributed by atoms with Gasteiger partial charge in [0.15, 0.2) is 6.61 Å². The number of nitrogens with one attached hydrogen (secondary N) is 1. The largest absolute Gasteiger partial charge is 0.479 e. The van der Waals surface area contributed by atoms with Crippen molar-refractivity contribution in [3.05, 3.63) is 23.2 Å². The maximum Gasteiger partial charge on any atom is 0.341 e. The van der Waals surface area contributed by atoms with Crippen molar-refractivity contribution >= 4 is 28.5 Å². The van der Waals surface area contributed by atoms with Crippen LogP contribution in [0.15, 0.2) is 18.2 Å². The average molecular weight is 227 g/mol. The van der Waals surface area contributed by atoms with Gasteiger partial charge in [-0.25, -0.2) is 4.79 Å². The van der Waals surface area contributed by atoms with Gasteiger partial charge in [0.2, 0.25) is 5.88 Å². The van der Waals surface area contributed by atoms with Gasteiger partial charge < -0.3 is 9.84 Å². The first-order chi connectivity index (χ1) is 7.18. The highest BCUT2D eigenvalue weighted by Crippen LogP contribution is 2.29. The fourth-order valence-electron chi connectivity index (χ4n) is 1.24. The van der Waals surface area contributed by atoms with E-state index in [9.17, 15) is 4.79 Å². The molecular formula is C9H7ClN2O3. The van der Waals surface area contributed by atoms with Crippen LogP contribution in [-0.4, -0.2) is 27.9 Å². The monoisotopic (exact) mass is 226 g/mol. The molecule has 0 saturated carbocycles. The van der Waals surface area contributed by atoms with Crippen molar-refractivity contribution < 1.29 is 14.6 Å². The molecule has 2 aromatic rings. The van der Waals surface area contributed by atoms with Crippen LogP contribution in [0.1, 0.15) is 0 Å². The molecule has 2 rings (SSSR count). The van der Waals surface area contributed by atoms with Gasteiger partial charge >= 0.3 is 5.97 Å². The van der Waals surface area contributed by atoms with Crippen molar-refractivity contribution in [1.82, 2.24) is 10.2 Å². The Bertz CT molecular complexity index is 509. The zero-order valence-corrected chi connectivity index (χ0v) is 8.28. The quantitative estimate of drug-likeness (QED) is 0.835. The molecule has 0 atom stereocenters. The minimum absolute atomic E-state index is 0.206.